The number of aryl methyl sites for hydroxylation is 3. The van der Waals surface area contributed by atoms with Crippen LogP contribution < -0.4 is 9.80 Å². The highest BCUT2D eigenvalue weighted by molar-refractivity contribution is 5.83. The van der Waals surface area contributed by atoms with Crippen LogP contribution in [0.2, 0.25) is 0 Å². The fourth-order valence-corrected chi connectivity index (χ4v) is 5.42. The van der Waals surface area contributed by atoms with Gasteiger partial charge in [-0.15, -0.1) is 0 Å². The first-order chi connectivity index (χ1) is 21.0. The van der Waals surface area contributed by atoms with Gasteiger partial charge in [-0.1, -0.05) is 92.7 Å². The Hall–Kier alpha value is -5.08. The summed E-state index contributed by atoms with van der Waals surface area (Å²) in [7, 11) is 0. The third kappa shape index (κ3) is 6.88. The lowest BCUT2D eigenvalue weighted by molar-refractivity contribution is 1.26. The summed E-state index contributed by atoms with van der Waals surface area (Å²) in [4.78, 5) is 4.67. The van der Waals surface area contributed by atoms with Crippen molar-refractivity contribution >= 4 is 34.1 Å². The van der Waals surface area contributed by atoms with Gasteiger partial charge in [0.05, 0.1) is 0 Å². The lowest BCUT2D eigenvalue weighted by atomic mass is 10.0. The Labute approximate surface area is 257 Å². The molecule has 6 aromatic rings. The number of benzene rings is 6. The second-order valence-corrected chi connectivity index (χ2v) is 10.6. The van der Waals surface area contributed by atoms with Crippen molar-refractivity contribution < 1.29 is 0 Å². The zero-order valence-corrected chi connectivity index (χ0v) is 25.8. The van der Waals surface area contributed by atoms with E-state index >= 15 is 0 Å². The molecule has 0 saturated carbocycles. The molecular formula is C41H40N2. The quantitative estimate of drug-likeness (QED) is 0.192. The van der Waals surface area contributed by atoms with E-state index in [4.69, 9.17) is 0 Å². The molecule has 0 bridgehead atoms. The van der Waals surface area contributed by atoms with Crippen molar-refractivity contribution in [3.05, 3.63) is 168 Å². The Bertz CT molecular complexity index is 1740. The predicted molar refractivity (Wildman–Crippen MR) is 187 cm³/mol. The Morgan fingerprint density at radius 3 is 0.977 bits per heavy atom. The average molecular weight is 561 g/mol. The first-order valence-electron chi connectivity index (χ1n) is 15.1. The molecule has 43 heavy (non-hydrogen) atoms. The maximum Gasteiger partial charge on any atom is 0.0467 e. The molecule has 0 aliphatic carbocycles. The molecule has 6 rings (SSSR count). The van der Waals surface area contributed by atoms with Crippen molar-refractivity contribution in [3.8, 4) is 11.1 Å². The van der Waals surface area contributed by atoms with Crippen LogP contribution in [0.1, 0.15) is 30.5 Å². The average Bonchev–Trinajstić information content (AvgIpc) is 3.03. The van der Waals surface area contributed by atoms with Crippen molar-refractivity contribution in [1.82, 2.24) is 0 Å². The van der Waals surface area contributed by atoms with Gasteiger partial charge in [0.25, 0.3) is 0 Å². The molecule has 0 aromatic heterocycles. The van der Waals surface area contributed by atoms with E-state index in [1.807, 2.05) is 13.8 Å². The highest BCUT2D eigenvalue weighted by Gasteiger charge is 2.16. The van der Waals surface area contributed by atoms with E-state index in [0.717, 1.165) is 34.1 Å². The summed E-state index contributed by atoms with van der Waals surface area (Å²) in [6.45, 7) is 10.4. The van der Waals surface area contributed by atoms with Crippen LogP contribution in [0.3, 0.4) is 0 Å². The standard InChI is InChI=1S/C39H34N2.C2H6/c1-29-12-7-19-35(24-29)40(34-17-5-4-6-18-34)38-22-10-15-32(27-38)33-16-11-23-39(28-33)41(36-20-8-13-30(2)25-36)37-21-9-14-31(3)26-37;1-2/h4-28H,1-3H3;1-2H3. The molecule has 214 valence electrons. The summed E-state index contributed by atoms with van der Waals surface area (Å²) in [5.74, 6) is 0. The van der Waals surface area contributed by atoms with Crippen LogP contribution in [0.5, 0.6) is 0 Å². The lowest BCUT2D eigenvalue weighted by Crippen LogP contribution is -2.10. The molecule has 0 aliphatic rings. The first kappa shape index (κ1) is 29.4. The monoisotopic (exact) mass is 560 g/mol. The van der Waals surface area contributed by atoms with E-state index in [1.54, 1.807) is 0 Å². The van der Waals surface area contributed by atoms with Gasteiger partial charge >= 0.3 is 0 Å². The largest absolute Gasteiger partial charge is 0.310 e. The maximum absolute atomic E-state index is 2.34. The zero-order valence-electron chi connectivity index (χ0n) is 25.8. The number of anilines is 6. The molecule has 6 aromatic carbocycles. The number of nitrogens with zero attached hydrogens (tertiary/aromatic N) is 2. The van der Waals surface area contributed by atoms with Gasteiger partial charge in [-0.25, -0.2) is 0 Å². The van der Waals surface area contributed by atoms with Crippen LogP contribution in [-0.2, 0) is 0 Å². The minimum atomic E-state index is 1.12. The number of hydrogen-bond acceptors (Lipinski definition) is 2. The van der Waals surface area contributed by atoms with Crippen LogP contribution >= 0.6 is 0 Å². The molecule has 0 amide bonds. The Morgan fingerprint density at radius 1 is 0.302 bits per heavy atom. The molecule has 0 unspecified atom stereocenters. The van der Waals surface area contributed by atoms with E-state index in [2.05, 4.69) is 182 Å². The third-order valence-electron chi connectivity index (χ3n) is 7.34. The van der Waals surface area contributed by atoms with Crippen LogP contribution in [0.4, 0.5) is 34.1 Å². The van der Waals surface area contributed by atoms with Gasteiger partial charge in [0.15, 0.2) is 0 Å². The van der Waals surface area contributed by atoms with Crippen LogP contribution in [0, 0.1) is 20.8 Å². The third-order valence-corrected chi connectivity index (χ3v) is 7.34. The highest BCUT2D eigenvalue weighted by Crippen LogP contribution is 2.39. The van der Waals surface area contributed by atoms with Gasteiger partial charge in [0.2, 0.25) is 0 Å². The summed E-state index contributed by atoms with van der Waals surface area (Å²) in [5.41, 5.74) is 12.9. The van der Waals surface area contributed by atoms with E-state index in [9.17, 15) is 0 Å². The Balaban J connectivity index is 0.00000180. The molecular weight excluding hydrogens is 520 g/mol. The first-order valence-corrected chi connectivity index (χ1v) is 15.1. The Kier molecular flexibility index (Phi) is 9.39. The van der Waals surface area contributed by atoms with Crippen LogP contribution in [0.25, 0.3) is 11.1 Å². The van der Waals surface area contributed by atoms with Crippen molar-refractivity contribution in [3.63, 3.8) is 0 Å². The summed E-state index contributed by atoms with van der Waals surface area (Å²) in [6, 6.07) is 54.3. The molecule has 2 nitrogen and oxygen atoms in total. The Morgan fingerprint density at radius 2 is 0.605 bits per heavy atom. The predicted octanol–water partition coefficient (Wildman–Crippen LogP) is 12.2. The van der Waals surface area contributed by atoms with Crippen molar-refractivity contribution in [2.45, 2.75) is 34.6 Å². The number of hydrogen-bond donors (Lipinski definition) is 0. The molecule has 0 heterocycles. The van der Waals surface area contributed by atoms with E-state index < -0.39 is 0 Å². The highest BCUT2D eigenvalue weighted by atomic mass is 15.1. The van der Waals surface area contributed by atoms with Gasteiger partial charge in [-0.05, 0) is 121 Å². The summed E-state index contributed by atoms with van der Waals surface area (Å²) in [5, 5.41) is 0. The van der Waals surface area contributed by atoms with Crippen molar-refractivity contribution in [1.29, 1.82) is 0 Å². The van der Waals surface area contributed by atoms with Crippen molar-refractivity contribution in [2.24, 2.45) is 0 Å². The fraction of sp³-hybridized carbons (Fsp3) is 0.122. The van der Waals surface area contributed by atoms with Gasteiger partial charge in [-0.3, -0.25) is 0 Å². The molecule has 0 atom stereocenters. The molecule has 0 radical (unpaired) electrons. The molecule has 0 spiro atoms. The van der Waals surface area contributed by atoms with Crippen LogP contribution in [-0.4, -0.2) is 0 Å². The SMILES string of the molecule is CC.Cc1cccc(N(c2ccccc2)c2cccc(-c3cccc(N(c4cccc(C)c4)c4cccc(C)c4)c3)c2)c1. The number of para-hydroxylation sites is 1. The number of rotatable bonds is 7. The van der Waals surface area contributed by atoms with E-state index in [1.165, 1.54) is 27.8 Å². The van der Waals surface area contributed by atoms with Crippen molar-refractivity contribution in [2.75, 3.05) is 9.80 Å². The topological polar surface area (TPSA) is 6.48 Å². The van der Waals surface area contributed by atoms with E-state index in [-0.39, 0.29) is 0 Å². The van der Waals surface area contributed by atoms with Gasteiger partial charge < -0.3 is 9.80 Å². The fourth-order valence-electron chi connectivity index (χ4n) is 5.42. The van der Waals surface area contributed by atoms with Gasteiger partial charge in [-0.2, -0.15) is 0 Å². The molecule has 2 heteroatoms. The maximum atomic E-state index is 2.34. The smallest absolute Gasteiger partial charge is 0.0467 e. The molecule has 0 aliphatic heterocycles. The molecule has 0 N–H and O–H groups in total. The van der Waals surface area contributed by atoms with Gasteiger partial charge in [0, 0.05) is 34.1 Å². The molecule has 0 fully saturated rings. The zero-order chi connectivity index (χ0) is 30.2. The summed E-state index contributed by atoms with van der Waals surface area (Å²) in [6.07, 6.45) is 0. The lowest BCUT2D eigenvalue weighted by Gasteiger charge is -2.27. The summed E-state index contributed by atoms with van der Waals surface area (Å²) < 4.78 is 0. The molecule has 0 saturated heterocycles. The normalized spacial score (nSPS) is 10.4. The second-order valence-electron chi connectivity index (χ2n) is 10.6. The van der Waals surface area contributed by atoms with E-state index in [0.29, 0.717) is 0 Å². The second kappa shape index (κ2) is 13.7. The summed E-state index contributed by atoms with van der Waals surface area (Å²) >= 11 is 0. The van der Waals surface area contributed by atoms with Crippen LogP contribution in [0.15, 0.2) is 152 Å². The van der Waals surface area contributed by atoms with Gasteiger partial charge in [0.1, 0.15) is 0 Å². The minimum Gasteiger partial charge on any atom is -0.310 e. The minimum absolute atomic E-state index is 1.12.